The van der Waals surface area contributed by atoms with Gasteiger partial charge in [0.2, 0.25) is 21.6 Å². The third-order valence-corrected chi connectivity index (χ3v) is 5.48. The molecular weight excluding hydrogens is 342 g/mol. The van der Waals surface area contributed by atoms with E-state index < -0.39 is 21.1 Å². The normalized spacial score (nSPS) is 16.0. The minimum Gasteiger partial charge on any atom is -0.410 e. The van der Waals surface area contributed by atoms with Crippen LogP contribution in [0.3, 0.4) is 0 Å². The number of sulfone groups is 1. The summed E-state index contributed by atoms with van der Waals surface area (Å²) in [6.45, 7) is 3.81. The number of aromatic nitrogens is 2. The Morgan fingerprint density at radius 2 is 1.92 bits per heavy atom. The van der Waals surface area contributed by atoms with Crippen molar-refractivity contribution in [3.05, 3.63) is 41.8 Å². The van der Waals surface area contributed by atoms with Crippen molar-refractivity contribution in [1.29, 1.82) is 0 Å². The van der Waals surface area contributed by atoms with Crippen LogP contribution < -0.4 is 5.32 Å². The van der Waals surface area contributed by atoms with Gasteiger partial charge in [0.15, 0.2) is 0 Å². The second kappa shape index (κ2) is 6.95. The van der Waals surface area contributed by atoms with Crippen molar-refractivity contribution in [1.82, 2.24) is 15.5 Å². The predicted octanol–water partition coefficient (Wildman–Crippen LogP) is 2.27. The van der Waals surface area contributed by atoms with E-state index in [-0.39, 0.29) is 29.4 Å². The molecule has 1 aromatic carbocycles. The molecule has 0 spiro atoms. The molecule has 1 heterocycles. The molecule has 0 saturated heterocycles. The molecule has 0 aliphatic heterocycles. The third kappa shape index (κ3) is 4.25. The highest BCUT2D eigenvalue weighted by atomic mass is 32.2. The maximum atomic E-state index is 12.5. The SMILES string of the molecule is CC(C)[C@H](NC(=O)C1CC1)c1nnc(S(=O)(=O)Cc2ccccc2)o1. The summed E-state index contributed by atoms with van der Waals surface area (Å²) in [7, 11) is -3.74. The summed E-state index contributed by atoms with van der Waals surface area (Å²) in [5.74, 6) is -0.101. The summed E-state index contributed by atoms with van der Waals surface area (Å²) in [4.78, 5) is 12.0. The third-order valence-electron chi connectivity index (χ3n) is 4.07. The van der Waals surface area contributed by atoms with Gasteiger partial charge in [0.05, 0.1) is 5.75 Å². The van der Waals surface area contributed by atoms with Crippen molar-refractivity contribution >= 4 is 15.7 Å². The van der Waals surface area contributed by atoms with Gasteiger partial charge in [-0.25, -0.2) is 8.42 Å². The van der Waals surface area contributed by atoms with E-state index in [0.29, 0.717) is 5.56 Å². The van der Waals surface area contributed by atoms with Crippen LogP contribution in [0.15, 0.2) is 40.0 Å². The van der Waals surface area contributed by atoms with Gasteiger partial charge in [-0.15, -0.1) is 5.10 Å². The van der Waals surface area contributed by atoms with E-state index >= 15 is 0 Å². The van der Waals surface area contributed by atoms with Crippen molar-refractivity contribution in [2.24, 2.45) is 11.8 Å². The van der Waals surface area contributed by atoms with Crippen LogP contribution in [0, 0.1) is 11.8 Å². The van der Waals surface area contributed by atoms with E-state index in [1.807, 2.05) is 19.9 Å². The van der Waals surface area contributed by atoms with Gasteiger partial charge in [0.25, 0.3) is 0 Å². The Morgan fingerprint density at radius 3 is 2.52 bits per heavy atom. The van der Waals surface area contributed by atoms with E-state index in [1.165, 1.54) is 0 Å². The maximum absolute atomic E-state index is 12.5. The number of amides is 1. The van der Waals surface area contributed by atoms with Gasteiger partial charge in [-0.05, 0) is 24.3 Å². The molecule has 0 bridgehead atoms. The highest BCUT2D eigenvalue weighted by molar-refractivity contribution is 7.90. The molecule has 25 heavy (non-hydrogen) atoms. The van der Waals surface area contributed by atoms with Crippen LogP contribution in [0.1, 0.15) is 44.2 Å². The predicted molar refractivity (Wildman–Crippen MR) is 90.1 cm³/mol. The van der Waals surface area contributed by atoms with Crippen molar-refractivity contribution in [3.63, 3.8) is 0 Å². The molecule has 1 aliphatic rings. The summed E-state index contributed by atoms with van der Waals surface area (Å²) < 4.78 is 30.3. The Balaban J connectivity index is 1.78. The van der Waals surface area contributed by atoms with E-state index in [2.05, 4.69) is 15.5 Å². The number of carbonyl (C=O) groups excluding carboxylic acids is 1. The summed E-state index contributed by atoms with van der Waals surface area (Å²) in [5, 5.41) is 10.0. The molecule has 1 atom stereocenters. The first-order valence-electron chi connectivity index (χ1n) is 8.27. The summed E-state index contributed by atoms with van der Waals surface area (Å²) >= 11 is 0. The minimum atomic E-state index is -3.74. The fraction of sp³-hybridized carbons (Fsp3) is 0.471. The van der Waals surface area contributed by atoms with Crippen molar-refractivity contribution < 1.29 is 17.6 Å². The lowest BCUT2D eigenvalue weighted by Crippen LogP contribution is -2.33. The summed E-state index contributed by atoms with van der Waals surface area (Å²) in [5.41, 5.74) is 0.643. The molecule has 0 unspecified atom stereocenters. The number of nitrogens with zero attached hydrogens (tertiary/aromatic N) is 2. The first kappa shape index (κ1) is 17.6. The lowest BCUT2D eigenvalue weighted by molar-refractivity contribution is -0.123. The second-order valence-electron chi connectivity index (χ2n) is 6.66. The van der Waals surface area contributed by atoms with E-state index in [9.17, 15) is 13.2 Å². The molecule has 1 aliphatic carbocycles. The Bertz CT molecular complexity index is 842. The minimum absolute atomic E-state index is 0.00664. The van der Waals surface area contributed by atoms with Crippen molar-refractivity contribution in [2.45, 2.75) is 43.7 Å². The van der Waals surface area contributed by atoms with E-state index in [4.69, 9.17) is 4.42 Å². The summed E-state index contributed by atoms with van der Waals surface area (Å²) in [6, 6.07) is 8.31. The lowest BCUT2D eigenvalue weighted by atomic mass is 10.0. The Morgan fingerprint density at radius 1 is 1.24 bits per heavy atom. The van der Waals surface area contributed by atoms with Gasteiger partial charge in [-0.2, -0.15) is 0 Å². The molecule has 1 N–H and O–H groups in total. The lowest BCUT2D eigenvalue weighted by Gasteiger charge is -2.18. The second-order valence-corrected chi connectivity index (χ2v) is 8.52. The molecule has 0 radical (unpaired) electrons. The van der Waals surface area contributed by atoms with E-state index in [0.717, 1.165) is 12.8 Å². The number of benzene rings is 1. The van der Waals surface area contributed by atoms with Gasteiger partial charge in [-0.1, -0.05) is 49.3 Å². The van der Waals surface area contributed by atoms with Crippen LogP contribution in [0.5, 0.6) is 0 Å². The number of hydrogen-bond acceptors (Lipinski definition) is 6. The number of nitrogens with one attached hydrogen (secondary N) is 1. The van der Waals surface area contributed by atoms with Crippen LogP contribution in [0.2, 0.25) is 0 Å². The van der Waals surface area contributed by atoms with Crippen LogP contribution in [-0.2, 0) is 20.4 Å². The molecule has 1 aromatic heterocycles. The zero-order valence-electron chi connectivity index (χ0n) is 14.2. The first-order valence-corrected chi connectivity index (χ1v) is 9.92. The van der Waals surface area contributed by atoms with Gasteiger partial charge in [-0.3, -0.25) is 4.79 Å². The first-order chi connectivity index (χ1) is 11.9. The van der Waals surface area contributed by atoms with Crippen LogP contribution >= 0.6 is 0 Å². The highest BCUT2D eigenvalue weighted by Gasteiger charge is 2.34. The summed E-state index contributed by atoms with van der Waals surface area (Å²) in [6.07, 6.45) is 1.77. The Kier molecular flexibility index (Phi) is 4.89. The zero-order valence-corrected chi connectivity index (χ0v) is 15.0. The molecule has 1 fully saturated rings. The Labute approximate surface area is 146 Å². The standard InChI is InChI=1S/C17H21N3O4S/c1-11(2)14(18-15(21)13-8-9-13)16-19-20-17(24-16)25(22,23)10-12-6-4-3-5-7-12/h3-7,11,13-14H,8-10H2,1-2H3,(H,18,21)/t14-/m0/s1. The van der Waals surface area contributed by atoms with Crippen molar-refractivity contribution in [2.75, 3.05) is 0 Å². The fourth-order valence-electron chi connectivity index (χ4n) is 2.46. The van der Waals surface area contributed by atoms with Gasteiger partial charge < -0.3 is 9.73 Å². The molecule has 2 aromatic rings. The smallest absolute Gasteiger partial charge is 0.335 e. The van der Waals surface area contributed by atoms with Gasteiger partial charge in [0.1, 0.15) is 6.04 Å². The molecule has 3 rings (SSSR count). The number of hydrogen-bond donors (Lipinski definition) is 1. The van der Waals surface area contributed by atoms with Crippen LogP contribution in [0.4, 0.5) is 0 Å². The zero-order chi connectivity index (χ0) is 18.0. The Hall–Kier alpha value is -2.22. The van der Waals surface area contributed by atoms with E-state index in [1.54, 1.807) is 24.3 Å². The molecule has 134 valence electrons. The number of carbonyl (C=O) groups is 1. The average molecular weight is 363 g/mol. The highest BCUT2D eigenvalue weighted by Crippen LogP contribution is 2.31. The van der Waals surface area contributed by atoms with Gasteiger partial charge in [0, 0.05) is 5.92 Å². The topological polar surface area (TPSA) is 102 Å². The molecule has 1 saturated carbocycles. The molecule has 8 heteroatoms. The maximum Gasteiger partial charge on any atom is 0.335 e. The fourth-order valence-corrected chi connectivity index (χ4v) is 3.59. The quantitative estimate of drug-likeness (QED) is 0.809. The average Bonchev–Trinajstić information content (AvgIpc) is 3.29. The molecular formula is C17H21N3O4S. The molecule has 1 amide bonds. The van der Waals surface area contributed by atoms with Gasteiger partial charge >= 0.3 is 5.22 Å². The molecule has 7 nitrogen and oxygen atoms in total. The van der Waals surface area contributed by atoms with Crippen LogP contribution in [0.25, 0.3) is 0 Å². The van der Waals surface area contributed by atoms with Crippen molar-refractivity contribution in [3.8, 4) is 0 Å². The monoisotopic (exact) mass is 363 g/mol. The van der Waals surface area contributed by atoms with Crippen LogP contribution in [-0.4, -0.2) is 24.5 Å². The largest absolute Gasteiger partial charge is 0.410 e. The number of rotatable bonds is 7.